The summed E-state index contributed by atoms with van der Waals surface area (Å²) < 4.78 is 0. The van der Waals surface area contributed by atoms with Gasteiger partial charge in [0.05, 0.1) is 0 Å². The predicted octanol–water partition coefficient (Wildman–Crippen LogP) is 0.577. The van der Waals surface area contributed by atoms with E-state index in [1.807, 2.05) is 0 Å². The molecule has 0 bridgehead atoms. The summed E-state index contributed by atoms with van der Waals surface area (Å²) in [5.41, 5.74) is 10.5. The van der Waals surface area contributed by atoms with Crippen molar-refractivity contribution in [1.82, 2.24) is 0 Å². The van der Waals surface area contributed by atoms with E-state index in [1.54, 1.807) is 0 Å². The van der Waals surface area contributed by atoms with Gasteiger partial charge in [0.2, 0.25) is 0 Å². The van der Waals surface area contributed by atoms with Crippen LogP contribution in [0.2, 0.25) is 0 Å². The second kappa shape index (κ2) is 9.89. The molecule has 5 rings (SSSR count). The molecule has 0 saturated heterocycles. The third-order valence-electron chi connectivity index (χ3n) is 5.46. The normalized spacial score (nSPS) is 15.3. The Bertz CT molecular complexity index is 1050. The SMILES string of the molecule is CC(=C1[C-]=C(C2c3ccccc3-c3ccccc32)C=C1)c1ccccc1.[Cl-].[Cl-].[Hf]. The molecule has 0 radical (unpaired) electrons. The Morgan fingerprint density at radius 2 is 1.21 bits per heavy atom. The molecule has 3 aromatic rings. The van der Waals surface area contributed by atoms with Gasteiger partial charge in [-0.3, -0.25) is 0 Å². The quantitative estimate of drug-likeness (QED) is 0.308. The predicted molar refractivity (Wildman–Crippen MR) is 109 cm³/mol. The smallest absolute Gasteiger partial charge is 0.0175 e. The first-order chi connectivity index (χ1) is 12.8. The molecule has 0 spiro atoms. The molecule has 3 heteroatoms. The molecule has 144 valence electrons. The van der Waals surface area contributed by atoms with Crippen LogP contribution in [0.25, 0.3) is 16.7 Å². The summed E-state index contributed by atoms with van der Waals surface area (Å²) >= 11 is 0. The average Bonchev–Trinajstić information content (AvgIpc) is 3.31. The van der Waals surface area contributed by atoms with Crippen molar-refractivity contribution >= 4 is 5.57 Å². The molecule has 0 heterocycles. The fourth-order valence-electron chi connectivity index (χ4n) is 4.13. The minimum absolute atomic E-state index is 0. The van der Waals surface area contributed by atoms with Crippen LogP contribution in [0.1, 0.15) is 29.5 Å². The Hall–Kier alpha value is -1.67. The molecule has 29 heavy (non-hydrogen) atoms. The van der Waals surface area contributed by atoms with Gasteiger partial charge in [0.1, 0.15) is 0 Å². The minimum Gasteiger partial charge on any atom is -1.00 e. The summed E-state index contributed by atoms with van der Waals surface area (Å²) in [4.78, 5) is 0. The zero-order chi connectivity index (χ0) is 17.5. The van der Waals surface area contributed by atoms with Gasteiger partial charge >= 0.3 is 0 Å². The standard InChI is InChI=1S/C26H19.2ClH.Hf/c1-18(19-9-3-2-4-10-19)20-15-16-21(17-20)26-24-13-7-5-11-22(24)23-12-6-8-14-25(23)26;;;/h2-16,26H,1H3;2*1H;/q-1;;;/p-2. The third kappa shape index (κ3) is 4.14. The van der Waals surface area contributed by atoms with Gasteiger partial charge in [-0.2, -0.15) is 17.7 Å². The first kappa shape index (κ1) is 23.6. The molecule has 0 nitrogen and oxygen atoms in total. The van der Waals surface area contributed by atoms with E-state index in [2.05, 4.69) is 104 Å². The van der Waals surface area contributed by atoms with Crippen molar-refractivity contribution in [3.63, 3.8) is 0 Å². The summed E-state index contributed by atoms with van der Waals surface area (Å²) in [6.07, 6.45) is 8.15. The van der Waals surface area contributed by atoms with E-state index >= 15 is 0 Å². The maximum absolute atomic E-state index is 3.70. The van der Waals surface area contributed by atoms with Crippen molar-refractivity contribution in [3.05, 3.63) is 125 Å². The van der Waals surface area contributed by atoms with Crippen LogP contribution in [0.3, 0.4) is 0 Å². The van der Waals surface area contributed by atoms with Gasteiger partial charge in [0, 0.05) is 31.8 Å². The van der Waals surface area contributed by atoms with Gasteiger partial charge in [0.25, 0.3) is 0 Å². The van der Waals surface area contributed by atoms with E-state index in [0.717, 1.165) is 0 Å². The number of fused-ring (bicyclic) bond motifs is 3. The number of hydrogen-bond donors (Lipinski definition) is 0. The van der Waals surface area contributed by atoms with Gasteiger partial charge in [-0.25, -0.2) is 0 Å². The van der Waals surface area contributed by atoms with Crippen LogP contribution in [0.15, 0.2) is 102 Å². The van der Waals surface area contributed by atoms with Gasteiger partial charge < -0.3 is 24.8 Å². The van der Waals surface area contributed by atoms with Crippen LogP contribution in [-0.4, -0.2) is 0 Å². The van der Waals surface area contributed by atoms with Crippen LogP contribution < -0.4 is 24.8 Å². The molecular weight excluding hydrogens is 562 g/mol. The molecule has 0 aromatic heterocycles. The topological polar surface area (TPSA) is 0 Å². The zero-order valence-electron chi connectivity index (χ0n) is 16.0. The second-order valence-corrected chi connectivity index (χ2v) is 6.93. The zero-order valence-corrected chi connectivity index (χ0v) is 21.1. The molecule has 0 N–H and O–H groups in total. The molecule has 0 saturated carbocycles. The summed E-state index contributed by atoms with van der Waals surface area (Å²) in [6, 6.07) is 28.1. The van der Waals surface area contributed by atoms with E-state index in [9.17, 15) is 0 Å². The van der Waals surface area contributed by atoms with Gasteiger partial charge in [-0.15, -0.1) is 17.2 Å². The van der Waals surface area contributed by atoms with Crippen molar-refractivity contribution in [1.29, 1.82) is 0 Å². The van der Waals surface area contributed by atoms with Gasteiger partial charge in [-0.05, 0) is 22.3 Å². The first-order valence-corrected chi connectivity index (χ1v) is 9.09. The molecule has 0 fully saturated rings. The van der Waals surface area contributed by atoms with Crippen molar-refractivity contribution in [3.8, 4) is 11.1 Å². The van der Waals surface area contributed by atoms with E-state index in [4.69, 9.17) is 0 Å². The number of allylic oxidation sites excluding steroid dienone is 6. The van der Waals surface area contributed by atoms with Crippen LogP contribution >= 0.6 is 0 Å². The van der Waals surface area contributed by atoms with E-state index in [-0.39, 0.29) is 56.6 Å². The Balaban J connectivity index is 0.000001000. The van der Waals surface area contributed by atoms with Crippen LogP contribution in [0.4, 0.5) is 0 Å². The minimum atomic E-state index is 0. The fraction of sp³-hybridized carbons (Fsp3) is 0.0769. The molecule has 0 aliphatic heterocycles. The van der Waals surface area contributed by atoms with E-state index in [1.165, 1.54) is 44.5 Å². The van der Waals surface area contributed by atoms with Crippen molar-refractivity contribution in [2.45, 2.75) is 12.8 Å². The largest absolute Gasteiger partial charge is 1.00 e. The maximum atomic E-state index is 3.70. The number of benzene rings is 3. The van der Waals surface area contributed by atoms with E-state index in [0.29, 0.717) is 0 Å². The van der Waals surface area contributed by atoms with Crippen LogP contribution in [0, 0.1) is 6.08 Å². The van der Waals surface area contributed by atoms with Crippen LogP contribution in [0.5, 0.6) is 0 Å². The Labute approximate surface area is 204 Å². The third-order valence-corrected chi connectivity index (χ3v) is 5.46. The average molecular weight is 581 g/mol. The molecule has 0 unspecified atom stereocenters. The molecule has 3 aromatic carbocycles. The molecular formula is C26H19Cl2Hf-3. The van der Waals surface area contributed by atoms with Gasteiger partial charge in [0.15, 0.2) is 0 Å². The molecule has 0 amide bonds. The molecule has 0 atom stereocenters. The Morgan fingerprint density at radius 1 is 0.690 bits per heavy atom. The van der Waals surface area contributed by atoms with Crippen molar-refractivity contribution < 1.29 is 50.7 Å². The van der Waals surface area contributed by atoms with Crippen LogP contribution in [-0.2, 0) is 25.8 Å². The summed E-state index contributed by atoms with van der Waals surface area (Å²) in [5, 5.41) is 0. The monoisotopic (exact) mass is 581 g/mol. The first-order valence-electron chi connectivity index (χ1n) is 9.09. The van der Waals surface area contributed by atoms with Gasteiger partial charge in [-0.1, -0.05) is 91.3 Å². The maximum Gasteiger partial charge on any atom is 0.0175 e. The summed E-state index contributed by atoms with van der Waals surface area (Å²) in [6.45, 7) is 2.18. The Morgan fingerprint density at radius 3 is 1.79 bits per heavy atom. The number of halogens is 2. The Kier molecular flexibility index (Phi) is 8.05. The molecule has 2 aliphatic carbocycles. The summed E-state index contributed by atoms with van der Waals surface area (Å²) in [7, 11) is 0. The summed E-state index contributed by atoms with van der Waals surface area (Å²) in [5.74, 6) is 0.278. The number of rotatable bonds is 2. The molecule has 2 aliphatic rings. The van der Waals surface area contributed by atoms with E-state index < -0.39 is 0 Å². The fourth-order valence-corrected chi connectivity index (χ4v) is 4.13. The second-order valence-electron chi connectivity index (χ2n) is 6.93. The number of hydrogen-bond acceptors (Lipinski definition) is 0. The van der Waals surface area contributed by atoms with Crippen molar-refractivity contribution in [2.24, 2.45) is 0 Å². The van der Waals surface area contributed by atoms with Crippen molar-refractivity contribution in [2.75, 3.05) is 0 Å².